The smallest absolute Gasteiger partial charge is 0.337 e. The van der Waals surface area contributed by atoms with Crippen molar-refractivity contribution in [3.05, 3.63) is 106 Å². The summed E-state index contributed by atoms with van der Waals surface area (Å²) in [6, 6.07) is 20.2. The molecule has 3 aromatic carbocycles. The van der Waals surface area contributed by atoms with Crippen molar-refractivity contribution in [2.75, 3.05) is 13.7 Å². The Morgan fingerprint density at radius 1 is 0.897 bits per heavy atom. The van der Waals surface area contributed by atoms with Gasteiger partial charge in [-0.1, -0.05) is 42.5 Å². The molecule has 1 aliphatic heterocycles. The second kappa shape index (κ2) is 7.87. The third-order valence-corrected chi connectivity index (χ3v) is 5.30. The molecule has 1 heterocycles. The average molecular weight is 389 g/mol. The van der Waals surface area contributed by atoms with Crippen molar-refractivity contribution in [2.24, 2.45) is 0 Å². The summed E-state index contributed by atoms with van der Waals surface area (Å²) >= 11 is 0. The molecule has 1 amide bonds. The molecule has 0 spiro atoms. The number of fused-ring (bicyclic) bond motifs is 1. The van der Waals surface area contributed by atoms with E-state index in [2.05, 4.69) is 0 Å². The topological polar surface area (TPSA) is 46.6 Å². The number of halogens is 1. The zero-order valence-electron chi connectivity index (χ0n) is 16.0. The lowest BCUT2D eigenvalue weighted by Gasteiger charge is -2.38. The quantitative estimate of drug-likeness (QED) is 0.624. The van der Waals surface area contributed by atoms with Gasteiger partial charge < -0.3 is 9.64 Å². The van der Waals surface area contributed by atoms with Gasteiger partial charge in [-0.05, 0) is 47.9 Å². The van der Waals surface area contributed by atoms with E-state index in [1.165, 1.54) is 13.2 Å². The van der Waals surface area contributed by atoms with Gasteiger partial charge in [-0.15, -0.1) is 0 Å². The van der Waals surface area contributed by atoms with Gasteiger partial charge in [-0.3, -0.25) is 4.79 Å². The first kappa shape index (κ1) is 18.9. The molecule has 0 N–H and O–H groups in total. The minimum Gasteiger partial charge on any atom is -0.465 e. The summed E-state index contributed by atoms with van der Waals surface area (Å²) < 4.78 is 19.4. The molecule has 4 nitrogen and oxygen atoms in total. The van der Waals surface area contributed by atoms with Crippen LogP contribution in [0.15, 0.2) is 72.8 Å². The predicted octanol–water partition coefficient (Wildman–Crippen LogP) is 4.40. The van der Waals surface area contributed by atoms with Gasteiger partial charge in [0.2, 0.25) is 0 Å². The summed E-state index contributed by atoms with van der Waals surface area (Å²) in [7, 11) is 1.31. The number of rotatable bonds is 3. The Bertz CT molecular complexity index is 1060. The van der Waals surface area contributed by atoms with Gasteiger partial charge >= 0.3 is 5.97 Å². The molecule has 1 unspecified atom stereocenters. The maximum atomic E-state index is 14.7. The van der Waals surface area contributed by atoms with Gasteiger partial charge in [-0.25, -0.2) is 9.18 Å². The van der Waals surface area contributed by atoms with Gasteiger partial charge in [-0.2, -0.15) is 0 Å². The highest BCUT2D eigenvalue weighted by Gasteiger charge is 2.33. The van der Waals surface area contributed by atoms with E-state index in [1.807, 2.05) is 24.3 Å². The van der Waals surface area contributed by atoms with Crippen molar-refractivity contribution in [2.45, 2.75) is 12.5 Å². The number of benzene rings is 3. The molecular formula is C24H20FNO3. The fourth-order valence-corrected chi connectivity index (χ4v) is 3.85. The van der Waals surface area contributed by atoms with E-state index in [0.717, 1.165) is 11.1 Å². The molecule has 29 heavy (non-hydrogen) atoms. The fourth-order valence-electron chi connectivity index (χ4n) is 3.85. The highest BCUT2D eigenvalue weighted by molar-refractivity contribution is 5.96. The number of carbonyl (C=O) groups excluding carboxylic acids is 2. The lowest BCUT2D eigenvalue weighted by Crippen LogP contribution is -2.41. The van der Waals surface area contributed by atoms with Gasteiger partial charge in [0.15, 0.2) is 0 Å². The first-order valence-corrected chi connectivity index (χ1v) is 9.41. The van der Waals surface area contributed by atoms with Crippen molar-refractivity contribution in [1.29, 1.82) is 0 Å². The lowest BCUT2D eigenvalue weighted by molar-refractivity contribution is 0.0599. The van der Waals surface area contributed by atoms with Crippen LogP contribution in [0.4, 0.5) is 4.39 Å². The molecule has 1 atom stereocenters. The molecule has 0 saturated carbocycles. The summed E-state index contributed by atoms with van der Waals surface area (Å²) in [6.07, 6.45) is 0.701. The molecule has 3 aromatic rings. The van der Waals surface area contributed by atoms with Crippen LogP contribution < -0.4 is 0 Å². The van der Waals surface area contributed by atoms with E-state index >= 15 is 0 Å². The van der Waals surface area contributed by atoms with E-state index in [1.54, 1.807) is 47.4 Å². The fraction of sp³-hybridized carbons (Fsp3) is 0.167. The maximum absolute atomic E-state index is 14.7. The van der Waals surface area contributed by atoms with Crippen molar-refractivity contribution in [3.8, 4) is 0 Å². The number of carbonyl (C=O) groups is 2. The predicted molar refractivity (Wildman–Crippen MR) is 107 cm³/mol. The number of methoxy groups -OCH3 is 1. The number of amides is 1. The summed E-state index contributed by atoms with van der Waals surface area (Å²) in [4.78, 5) is 26.7. The molecule has 146 valence electrons. The zero-order chi connectivity index (χ0) is 20.4. The van der Waals surface area contributed by atoms with E-state index in [9.17, 15) is 14.0 Å². The van der Waals surface area contributed by atoms with Crippen molar-refractivity contribution in [3.63, 3.8) is 0 Å². The number of hydrogen-bond donors (Lipinski definition) is 0. The van der Waals surface area contributed by atoms with Crippen molar-refractivity contribution in [1.82, 2.24) is 4.90 Å². The van der Waals surface area contributed by atoms with E-state index in [4.69, 9.17) is 4.74 Å². The molecular weight excluding hydrogens is 369 g/mol. The van der Waals surface area contributed by atoms with Crippen LogP contribution in [0.3, 0.4) is 0 Å². The molecule has 1 aliphatic rings. The van der Waals surface area contributed by atoms with Gasteiger partial charge in [0, 0.05) is 17.7 Å². The van der Waals surface area contributed by atoms with Crippen LogP contribution in [0.2, 0.25) is 0 Å². The number of esters is 1. The highest BCUT2D eigenvalue weighted by Crippen LogP contribution is 2.37. The highest BCUT2D eigenvalue weighted by atomic mass is 19.1. The Morgan fingerprint density at radius 2 is 1.52 bits per heavy atom. The Labute approximate surface area is 168 Å². The average Bonchev–Trinajstić information content (AvgIpc) is 2.78. The molecule has 0 bridgehead atoms. The van der Waals surface area contributed by atoms with Crippen LogP contribution in [0, 0.1) is 5.82 Å². The second-order valence-electron chi connectivity index (χ2n) is 6.94. The normalized spacial score (nSPS) is 15.5. The molecule has 0 aromatic heterocycles. The first-order chi connectivity index (χ1) is 14.1. The van der Waals surface area contributed by atoms with Gasteiger partial charge in [0.1, 0.15) is 5.82 Å². The number of hydrogen-bond acceptors (Lipinski definition) is 3. The SMILES string of the molecule is COC(=O)c1ccc(C(=O)N2CCc3ccccc3C2c2ccccc2F)cc1. The second-order valence-corrected chi connectivity index (χ2v) is 6.94. The van der Waals surface area contributed by atoms with Crippen LogP contribution in [0.1, 0.15) is 43.4 Å². The third-order valence-electron chi connectivity index (χ3n) is 5.30. The summed E-state index contributed by atoms with van der Waals surface area (Å²) in [5.41, 5.74) is 3.34. The van der Waals surface area contributed by atoms with Crippen molar-refractivity contribution >= 4 is 11.9 Å². The van der Waals surface area contributed by atoms with Gasteiger partial charge in [0.05, 0.1) is 18.7 Å². The number of ether oxygens (including phenoxy) is 1. The minimum absolute atomic E-state index is 0.204. The van der Waals surface area contributed by atoms with Crippen LogP contribution in [-0.4, -0.2) is 30.4 Å². The monoisotopic (exact) mass is 389 g/mol. The van der Waals surface area contributed by atoms with Crippen LogP contribution in [-0.2, 0) is 11.2 Å². The molecule has 0 radical (unpaired) electrons. The summed E-state index contributed by atoms with van der Waals surface area (Å²) in [6.45, 7) is 0.480. The molecule has 4 rings (SSSR count). The van der Waals surface area contributed by atoms with E-state index in [0.29, 0.717) is 29.7 Å². The van der Waals surface area contributed by atoms with E-state index < -0.39 is 12.0 Å². The summed E-state index contributed by atoms with van der Waals surface area (Å²) in [5.74, 6) is -1.00. The summed E-state index contributed by atoms with van der Waals surface area (Å²) in [5, 5.41) is 0. The first-order valence-electron chi connectivity index (χ1n) is 9.41. The molecule has 0 aliphatic carbocycles. The maximum Gasteiger partial charge on any atom is 0.337 e. The lowest BCUT2D eigenvalue weighted by atomic mass is 9.87. The molecule has 0 saturated heterocycles. The Morgan fingerprint density at radius 3 is 2.21 bits per heavy atom. The largest absolute Gasteiger partial charge is 0.465 e. The van der Waals surface area contributed by atoms with Crippen molar-refractivity contribution < 1.29 is 18.7 Å². The minimum atomic E-state index is -0.506. The number of nitrogens with zero attached hydrogens (tertiary/aromatic N) is 1. The van der Waals surface area contributed by atoms with Gasteiger partial charge in [0.25, 0.3) is 5.91 Å². The third kappa shape index (κ3) is 3.51. The molecule has 5 heteroatoms. The van der Waals surface area contributed by atoms with Crippen LogP contribution in [0.25, 0.3) is 0 Å². The van der Waals surface area contributed by atoms with E-state index in [-0.39, 0.29) is 11.7 Å². The Kier molecular flexibility index (Phi) is 5.12. The Balaban J connectivity index is 1.74. The standard InChI is InChI=1S/C24H20FNO3/c1-29-24(28)18-12-10-17(11-13-18)23(27)26-15-14-16-6-2-3-7-19(16)22(26)20-8-4-5-9-21(20)25/h2-13,22H,14-15H2,1H3. The molecule has 0 fully saturated rings. The zero-order valence-corrected chi connectivity index (χ0v) is 16.0. The Hall–Kier alpha value is -3.47. The van der Waals surface area contributed by atoms with Crippen LogP contribution >= 0.6 is 0 Å². The van der Waals surface area contributed by atoms with Crippen LogP contribution in [0.5, 0.6) is 0 Å².